The molecule has 2 rings (SSSR count). The van der Waals surface area contributed by atoms with Crippen LogP contribution in [-0.2, 0) is 16.6 Å². The highest BCUT2D eigenvalue weighted by atomic mass is 32.2. The first-order valence-corrected chi connectivity index (χ1v) is 8.89. The highest BCUT2D eigenvalue weighted by Crippen LogP contribution is 2.25. The van der Waals surface area contributed by atoms with Crippen LogP contribution in [0.2, 0.25) is 0 Å². The van der Waals surface area contributed by atoms with Gasteiger partial charge in [-0.05, 0) is 38.8 Å². The Bertz CT molecular complexity index is 524. The minimum absolute atomic E-state index is 0.102. The lowest BCUT2D eigenvalue weighted by Crippen LogP contribution is -2.41. The molecule has 2 heterocycles. The van der Waals surface area contributed by atoms with Crippen molar-refractivity contribution in [2.45, 2.75) is 57.0 Å². The predicted octanol–water partition coefficient (Wildman–Crippen LogP) is 2.08. The third-order valence-corrected chi connectivity index (χ3v) is 5.80. The molecule has 0 bridgehead atoms. The van der Waals surface area contributed by atoms with E-state index in [0.717, 1.165) is 37.9 Å². The second-order valence-electron chi connectivity index (χ2n) is 5.50. The molecular weight excluding hydrogens is 274 g/mol. The lowest BCUT2D eigenvalue weighted by molar-refractivity contribution is 0.268. The molecule has 20 heavy (non-hydrogen) atoms. The van der Waals surface area contributed by atoms with Crippen molar-refractivity contribution in [3.8, 4) is 0 Å². The Morgan fingerprint density at radius 1 is 1.45 bits per heavy atom. The fourth-order valence-electron chi connectivity index (χ4n) is 2.63. The van der Waals surface area contributed by atoms with Crippen LogP contribution in [-0.4, -0.2) is 36.8 Å². The van der Waals surface area contributed by atoms with Gasteiger partial charge < -0.3 is 10.3 Å². The Morgan fingerprint density at radius 3 is 2.95 bits per heavy atom. The standard InChI is InChI=1S/C14H25N3O2S/c1-3-7-15-10-13-9-14(11-16-13)20(18,19)17-8-5-4-6-12(17)2/h9,11-12,15-16H,3-8,10H2,1-2H3. The zero-order valence-electron chi connectivity index (χ0n) is 12.4. The number of aromatic nitrogens is 1. The molecule has 1 atom stereocenters. The van der Waals surface area contributed by atoms with E-state index in [-0.39, 0.29) is 6.04 Å². The molecule has 1 aromatic rings. The number of H-pyrrole nitrogens is 1. The van der Waals surface area contributed by atoms with Crippen LogP contribution < -0.4 is 5.32 Å². The Morgan fingerprint density at radius 2 is 2.25 bits per heavy atom. The molecule has 0 amide bonds. The molecule has 2 N–H and O–H groups in total. The first-order chi connectivity index (χ1) is 9.55. The second kappa shape index (κ2) is 6.74. The summed E-state index contributed by atoms with van der Waals surface area (Å²) in [6.07, 6.45) is 5.71. The fraction of sp³-hybridized carbons (Fsp3) is 0.714. The minimum Gasteiger partial charge on any atom is -0.363 e. The molecule has 0 spiro atoms. The molecule has 0 radical (unpaired) electrons. The van der Waals surface area contributed by atoms with E-state index in [1.807, 2.05) is 6.92 Å². The lowest BCUT2D eigenvalue weighted by Gasteiger charge is -2.31. The second-order valence-corrected chi connectivity index (χ2v) is 7.39. The van der Waals surface area contributed by atoms with E-state index < -0.39 is 10.0 Å². The molecule has 6 heteroatoms. The van der Waals surface area contributed by atoms with Crippen molar-refractivity contribution < 1.29 is 8.42 Å². The van der Waals surface area contributed by atoms with Crippen molar-refractivity contribution in [1.29, 1.82) is 0 Å². The van der Waals surface area contributed by atoms with Gasteiger partial charge in [0.25, 0.3) is 0 Å². The van der Waals surface area contributed by atoms with Crippen molar-refractivity contribution >= 4 is 10.0 Å². The maximum Gasteiger partial charge on any atom is 0.244 e. The molecule has 1 saturated heterocycles. The lowest BCUT2D eigenvalue weighted by atomic mass is 10.1. The Labute approximate surface area is 121 Å². The van der Waals surface area contributed by atoms with Gasteiger partial charge in [-0.1, -0.05) is 13.3 Å². The summed E-state index contributed by atoms with van der Waals surface area (Å²) in [5.41, 5.74) is 0.918. The molecule has 1 aliphatic rings. The summed E-state index contributed by atoms with van der Waals surface area (Å²) in [5.74, 6) is 0. The molecule has 1 fully saturated rings. The van der Waals surface area contributed by atoms with Crippen molar-refractivity contribution in [2.24, 2.45) is 0 Å². The summed E-state index contributed by atoms with van der Waals surface area (Å²) in [5, 5.41) is 3.26. The molecule has 114 valence electrons. The molecule has 0 aliphatic carbocycles. The summed E-state index contributed by atoms with van der Waals surface area (Å²) in [6.45, 7) is 6.35. The normalized spacial score (nSPS) is 21.2. The minimum atomic E-state index is -3.35. The average molecular weight is 299 g/mol. The Hall–Kier alpha value is -0.850. The largest absolute Gasteiger partial charge is 0.363 e. The van der Waals surface area contributed by atoms with Gasteiger partial charge in [0.2, 0.25) is 10.0 Å². The average Bonchev–Trinajstić information content (AvgIpc) is 2.89. The van der Waals surface area contributed by atoms with Gasteiger partial charge in [-0.25, -0.2) is 8.42 Å². The van der Waals surface area contributed by atoms with Crippen molar-refractivity contribution in [3.63, 3.8) is 0 Å². The SMILES string of the molecule is CCCNCc1cc(S(=O)(=O)N2CCCCC2C)c[nH]1. The topological polar surface area (TPSA) is 65.2 Å². The number of sulfonamides is 1. The van der Waals surface area contributed by atoms with E-state index in [1.54, 1.807) is 16.6 Å². The molecule has 5 nitrogen and oxygen atoms in total. The molecule has 1 unspecified atom stereocenters. The summed E-state index contributed by atoms with van der Waals surface area (Å²) in [7, 11) is -3.35. The Balaban J connectivity index is 2.09. The van der Waals surface area contributed by atoms with Crippen LogP contribution in [0.5, 0.6) is 0 Å². The summed E-state index contributed by atoms with van der Waals surface area (Å²) < 4.78 is 26.9. The molecular formula is C14H25N3O2S. The Kier molecular flexibility index (Phi) is 5.23. The first kappa shape index (κ1) is 15.5. The van der Waals surface area contributed by atoms with E-state index in [4.69, 9.17) is 0 Å². The van der Waals surface area contributed by atoms with Gasteiger partial charge in [-0.15, -0.1) is 0 Å². The van der Waals surface area contributed by atoms with Gasteiger partial charge in [0.05, 0.1) is 4.90 Å². The van der Waals surface area contributed by atoms with Gasteiger partial charge in [0.15, 0.2) is 0 Å². The third kappa shape index (κ3) is 3.42. The quantitative estimate of drug-likeness (QED) is 0.790. The van der Waals surface area contributed by atoms with Gasteiger partial charge in [0, 0.05) is 31.0 Å². The molecule has 1 aliphatic heterocycles. The molecule has 1 aromatic heterocycles. The number of hydrogen-bond acceptors (Lipinski definition) is 3. The zero-order valence-corrected chi connectivity index (χ0v) is 13.2. The smallest absolute Gasteiger partial charge is 0.244 e. The van der Waals surface area contributed by atoms with Gasteiger partial charge >= 0.3 is 0 Å². The summed E-state index contributed by atoms with van der Waals surface area (Å²) >= 11 is 0. The number of nitrogens with one attached hydrogen (secondary N) is 2. The van der Waals surface area contributed by atoms with E-state index in [2.05, 4.69) is 17.2 Å². The number of hydrogen-bond donors (Lipinski definition) is 2. The molecule has 0 aromatic carbocycles. The van der Waals surface area contributed by atoms with Crippen LogP contribution in [0.3, 0.4) is 0 Å². The van der Waals surface area contributed by atoms with E-state index in [0.29, 0.717) is 18.0 Å². The van der Waals surface area contributed by atoms with E-state index >= 15 is 0 Å². The highest BCUT2D eigenvalue weighted by molar-refractivity contribution is 7.89. The fourth-order valence-corrected chi connectivity index (χ4v) is 4.35. The monoisotopic (exact) mass is 299 g/mol. The van der Waals surface area contributed by atoms with Gasteiger partial charge in [-0.2, -0.15) is 4.31 Å². The zero-order chi connectivity index (χ0) is 14.6. The number of aromatic amines is 1. The summed E-state index contributed by atoms with van der Waals surface area (Å²) in [4.78, 5) is 3.44. The van der Waals surface area contributed by atoms with Crippen LogP contribution in [0.4, 0.5) is 0 Å². The summed E-state index contributed by atoms with van der Waals surface area (Å²) in [6, 6.07) is 1.85. The maximum absolute atomic E-state index is 12.6. The first-order valence-electron chi connectivity index (χ1n) is 7.45. The van der Waals surface area contributed by atoms with Crippen molar-refractivity contribution in [2.75, 3.05) is 13.1 Å². The number of nitrogens with zero attached hydrogens (tertiary/aromatic N) is 1. The number of piperidine rings is 1. The van der Waals surface area contributed by atoms with E-state index in [9.17, 15) is 8.42 Å². The van der Waals surface area contributed by atoms with Gasteiger partial charge in [-0.3, -0.25) is 0 Å². The van der Waals surface area contributed by atoms with Crippen LogP contribution in [0.15, 0.2) is 17.2 Å². The van der Waals surface area contributed by atoms with Crippen molar-refractivity contribution in [3.05, 3.63) is 18.0 Å². The molecule has 0 saturated carbocycles. The predicted molar refractivity (Wildman–Crippen MR) is 80.0 cm³/mol. The number of rotatable bonds is 6. The van der Waals surface area contributed by atoms with Crippen molar-refractivity contribution in [1.82, 2.24) is 14.6 Å². The van der Waals surface area contributed by atoms with E-state index in [1.165, 1.54) is 0 Å². The van der Waals surface area contributed by atoms with Crippen LogP contribution >= 0.6 is 0 Å². The van der Waals surface area contributed by atoms with Crippen LogP contribution in [0.25, 0.3) is 0 Å². The highest BCUT2D eigenvalue weighted by Gasteiger charge is 2.31. The maximum atomic E-state index is 12.6. The third-order valence-electron chi connectivity index (χ3n) is 3.81. The van der Waals surface area contributed by atoms with Crippen LogP contribution in [0.1, 0.15) is 45.2 Å². The van der Waals surface area contributed by atoms with Crippen LogP contribution in [0, 0.1) is 0 Å². The van der Waals surface area contributed by atoms with Gasteiger partial charge in [0.1, 0.15) is 0 Å².